The molecule has 0 fully saturated rings. The van der Waals surface area contributed by atoms with Crippen molar-refractivity contribution in [1.82, 2.24) is 4.98 Å². The first-order chi connectivity index (χ1) is 13.4. The fourth-order valence-corrected chi connectivity index (χ4v) is 4.83. The lowest BCUT2D eigenvalue weighted by Crippen LogP contribution is -2.05. The fourth-order valence-electron chi connectivity index (χ4n) is 2.79. The van der Waals surface area contributed by atoms with Gasteiger partial charge in [0, 0.05) is 28.1 Å². The van der Waals surface area contributed by atoms with Gasteiger partial charge in [-0.2, -0.15) is 0 Å². The largest absolute Gasteiger partial charge is 0.361 e. The van der Waals surface area contributed by atoms with Crippen molar-refractivity contribution in [2.75, 3.05) is 23.8 Å². The molecule has 28 heavy (non-hydrogen) atoms. The fraction of sp³-hybridized carbons (Fsp3) is 0.263. The monoisotopic (exact) mass is 465 g/mol. The molecule has 0 aliphatic carbocycles. The lowest BCUT2D eigenvalue weighted by Gasteiger charge is -2.17. The van der Waals surface area contributed by atoms with Gasteiger partial charge in [0.2, 0.25) is 0 Å². The first-order valence-electron chi connectivity index (χ1n) is 8.85. The third kappa shape index (κ3) is 4.89. The van der Waals surface area contributed by atoms with E-state index in [0.717, 1.165) is 21.3 Å². The molecule has 0 spiro atoms. The topological polar surface area (TPSA) is 89.5 Å². The van der Waals surface area contributed by atoms with Crippen LogP contribution >= 0.6 is 23.5 Å². The average molecular weight is 466 g/mol. The molecule has 0 atom stereocenters. The standard InChI is InChI=1S/C19H21BrN3O4P/c1-3-26-28(25,27-4-2)12-13-5-7-15(8-6-13)21-11-17-16-9-14(20)10-22-18(16)23-19(17)24/h5-11,21H,3-4,12H2,1-2H3,(H,22,23,24). The van der Waals surface area contributed by atoms with E-state index in [0.29, 0.717) is 24.6 Å². The molecule has 7 nitrogen and oxygen atoms in total. The highest BCUT2D eigenvalue weighted by Gasteiger charge is 2.26. The summed E-state index contributed by atoms with van der Waals surface area (Å²) in [6, 6.07) is 9.25. The Bertz CT molecular complexity index is 937. The molecule has 2 N–H and O–H groups in total. The normalized spacial score (nSPS) is 14.8. The number of aromatic nitrogens is 1. The lowest BCUT2D eigenvalue weighted by atomic mass is 10.1. The van der Waals surface area contributed by atoms with Crippen LogP contribution in [0.3, 0.4) is 0 Å². The molecule has 1 amide bonds. The van der Waals surface area contributed by atoms with Crippen LogP contribution in [0, 0.1) is 0 Å². The first-order valence-corrected chi connectivity index (χ1v) is 11.4. The molecule has 1 aromatic carbocycles. The number of pyridine rings is 1. The summed E-state index contributed by atoms with van der Waals surface area (Å²) in [5.74, 6) is 0.332. The van der Waals surface area contributed by atoms with E-state index in [4.69, 9.17) is 9.05 Å². The number of anilines is 2. The van der Waals surface area contributed by atoms with E-state index in [9.17, 15) is 9.36 Å². The Morgan fingerprint density at radius 3 is 2.54 bits per heavy atom. The SMILES string of the molecule is CCOP(=O)(Cc1ccc(NC=C2C(=O)Nc3ncc(Br)cc32)cc1)OCC. The highest BCUT2D eigenvalue weighted by Crippen LogP contribution is 2.51. The first kappa shape index (κ1) is 20.7. The highest BCUT2D eigenvalue weighted by atomic mass is 79.9. The minimum Gasteiger partial charge on any atom is -0.361 e. The van der Waals surface area contributed by atoms with Gasteiger partial charge in [0.15, 0.2) is 0 Å². The van der Waals surface area contributed by atoms with Crippen LogP contribution < -0.4 is 10.6 Å². The van der Waals surface area contributed by atoms with Crippen LogP contribution in [0.15, 0.2) is 47.2 Å². The van der Waals surface area contributed by atoms with Crippen molar-refractivity contribution in [2.24, 2.45) is 0 Å². The molecule has 1 aliphatic heterocycles. The van der Waals surface area contributed by atoms with Crippen LogP contribution in [-0.4, -0.2) is 24.1 Å². The summed E-state index contributed by atoms with van der Waals surface area (Å²) in [5.41, 5.74) is 2.88. The van der Waals surface area contributed by atoms with Crippen molar-refractivity contribution in [3.8, 4) is 0 Å². The second-order valence-corrected chi connectivity index (χ2v) is 8.98. The lowest BCUT2D eigenvalue weighted by molar-refractivity contribution is -0.110. The minimum atomic E-state index is -3.14. The van der Waals surface area contributed by atoms with Crippen molar-refractivity contribution in [1.29, 1.82) is 0 Å². The van der Waals surface area contributed by atoms with Crippen LogP contribution in [0.4, 0.5) is 11.5 Å². The molecule has 0 bridgehead atoms. The van der Waals surface area contributed by atoms with Gasteiger partial charge in [-0.05, 0) is 53.5 Å². The molecule has 0 saturated heterocycles. The zero-order valence-electron chi connectivity index (χ0n) is 15.6. The number of carbonyl (C=O) groups excluding carboxylic acids is 1. The number of rotatable bonds is 8. The van der Waals surface area contributed by atoms with E-state index in [1.54, 1.807) is 26.2 Å². The van der Waals surface area contributed by atoms with Crippen LogP contribution in [0.25, 0.3) is 5.57 Å². The molecule has 0 saturated carbocycles. The van der Waals surface area contributed by atoms with E-state index in [1.165, 1.54) is 0 Å². The molecule has 0 radical (unpaired) electrons. The quantitative estimate of drug-likeness (QED) is 0.420. The Morgan fingerprint density at radius 2 is 1.89 bits per heavy atom. The highest BCUT2D eigenvalue weighted by molar-refractivity contribution is 9.10. The molecule has 148 valence electrons. The molecular formula is C19H21BrN3O4P. The van der Waals surface area contributed by atoms with Gasteiger partial charge in [0.25, 0.3) is 5.91 Å². The predicted octanol–water partition coefficient (Wildman–Crippen LogP) is 5.02. The average Bonchev–Trinajstić information content (AvgIpc) is 2.96. The van der Waals surface area contributed by atoms with Crippen molar-refractivity contribution in [3.63, 3.8) is 0 Å². The van der Waals surface area contributed by atoms with E-state index in [1.807, 2.05) is 30.3 Å². The Kier molecular flexibility index (Phi) is 6.67. The smallest absolute Gasteiger partial charge is 0.335 e. The number of benzene rings is 1. The van der Waals surface area contributed by atoms with Gasteiger partial charge in [-0.3, -0.25) is 9.36 Å². The Hall–Kier alpha value is -1.99. The third-order valence-electron chi connectivity index (χ3n) is 3.99. The van der Waals surface area contributed by atoms with Gasteiger partial charge in [-0.15, -0.1) is 0 Å². The predicted molar refractivity (Wildman–Crippen MR) is 113 cm³/mol. The molecule has 1 aromatic heterocycles. The van der Waals surface area contributed by atoms with Crippen molar-refractivity contribution >= 4 is 46.5 Å². The summed E-state index contributed by atoms with van der Waals surface area (Å²) in [6.45, 7) is 4.24. The van der Waals surface area contributed by atoms with Crippen LogP contribution in [0.2, 0.25) is 0 Å². The number of carbonyl (C=O) groups is 1. The second kappa shape index (κ2) is 9.01. The number of nitrogens with zero attached hydrogens (tertiary/aromatic N) is 1. The molecule has 2 heterocycles. The van der Waals surface area contributed by atoms with Gasteiger partial charge in [0.05, 0.1) is 24.9 Å². The maximum Gasteiger partial charge on any atom is 0.335 e. The number of amides is 1. The maximum absolute atomic E-state index is 12.6. The number of halogens is 1. The summed E-state index contributed by atoms with van der Waals surface area (Å²) >= 11 is 3.37. The number of hydrogen-bond donors (Lipinski definition) is 2. The van der Waals surface area contributed by atoms with E-state index < -0.39 is 7.60 Å². The Balaban J connectivity index is 1.72. The number of hydrogen-bond acceptors (Lipinski definition) is 6. The van der Waals surface area contributed by atoms with E-state index in [2.05, 4.69) is 31.5 Å². The van der Waals surface area contributed by atoms with Crippen molar-refractivity contribution in [2.45, 2.75) is 20.0 Å². The zero-order valence-corrected chi connectivity index (χ0v) is 18.0. The molecular weight excluding hydrogens is 445 g/mol. The molecule has 9 heteroatoms. The third-order valence-corrected chi connectivity index (χ3v) is 6.48. The second-order valence-electron chi connectivity index (χ2n) is 6.01. The summed E-state index contributed by atoms with van der Waals surface area (Å²) in [4.78, 5) is 16.4. The zero-order chi connectivity index (χ0) is 20.1. The maximum atomic E-state index is 12.6. The van der Waals surface area contributed by atoms with Crippen LogP contribution in [0.5, 0.6) is 0 Å². The summed E-state index contributed by atoms with van der Waals surface area (Å²) in [6.07, 6.45) is 3.50. The van der Waals surface area contributed by atoms with Gasteiger partial charge < -0.3 is 19.7 Å². The molecule has 0 unspecified atom stereocenters. The Labute approximate surface area is 172 Å². The van der Waals surface area contributed by atoms with Gasteiger partial charge >= 0.3 is 7.60 Å². The van der Waals surface area contributed by atoms with E-state index >= 15 is 0 Å². The van der Waals surface area contributed by atoms with Crippen LogP contribution in [0.1, 0.15) is 25.0 Å². The van der Waals surface area contributed by atoms with Gasteiger partial charge in [-0.25, -0.2) is 4.98 Å². The van der Waals surface area contributed by atoms with E-state index in [-0.39, 0.29) is 12.1 Å². The molecule has 1 aliphatic rings. The minimum absolute atomic E-state index is 0.209. The summed E-state index contributed by atoms with van der Waals surface area (Å²) in [5, 5.41) is 5.85. The van der Waals surface area contributed by atoms with Crippen molar-refractivity contribution in [3.05, 3.63) is 58.3 Å². The van der Waals surface area contributed by atoms with Gasteiger partial charge in [-0.1, -0.05) is 12.1 Å². The Morgan fingerprint density at radius 1 is 1.21 bits per heavy atom. The van der Waals surface area contributed by atoms with Gasteiger partial charge in [0.1, 0.15) is 5.82 Å². The molecule has 3 rings (SSSR count). The summed E-state index contributed by atoms with van der Waals surface area (Å²) in [7, 11) is -3.14. The number of fused-ring (bicyclic) bond motifs is 1. The van der Waals surface area contributed by atoms with Crippen LogP contribution in [-0.2, 0) is 24.6 Å². The summed E-state index contributed by atoms with van der Waals surface area (Å²) < 4.78 is 24.1. The molecule has 2 aromatic rings. The van der Waals surface area contributed by atoms with Crippen molar-refractivity contribution < 1.29 is 18.4 Å². The number of nitrogens with one attached hydrogen (secondary N) is 2.